The third kappa shape index (κ3) is 4.67. The molecule has 0 radical (unpaired) electrons. The summed E-state index contributed by atoms with van der Waals surface area (Å²) in [6.07, 6.45) is 5.42. The van der Waals surface area contributed by atoms with Crippen LogP contribution in [0.15, 0.2) is 72.8 Å². The van der Waals surface area contributed by atoms with Crippen LogP contribution in [0.1, 0.15) is 51.9 Å². The second kappa shape index (κ2) is 9.75. The van der Waals surface area contributed by atoms with Gasteiger partial charge >= 0.3 is 0 Å². The normalized spacial score (nSPS) is 18.5. The molecule has 2 aliphatic rings. The fourth-order valence-electron chi connectivity index (χ4n) is 4.97. The van der Waals surface area contributed by atoms with Crippen LogP contribution in [0.3, 0.4) is 0 Å². The van der Waals surface area contributed by atoms with Crippen molar-refractivity contribution in [3.8, 4) is 5.75 Å². The Hall–Kier alpha value is -2.92. The molecule has 5 heteroatoms. The predicted molar refractivity (Wildman–Crippen MR) is 135 cm³/mol. The molecule has 1 saturated heterocycles. The molecule has 2 aliphatic heterocycles. The summed E-state index contributed by atoms with van der Waals surface area (Å²) < 4.78 is 6.07. The highest BCUT2D eigenvalue weighted by Gasteiger charge is 2.33. The van der Waals surface area contributed by atoms with Crippen molar-refractivity contribution in [1.29, 1.82) is 0 Å². The Balaban J connectivity index is 1.32. The zero-order valence-corrected chi connectivity index (χ0v) is 19.8. The highest BCUT2D eigenvalue weighted by atomic mass is 35.5. The lowest BCUT2D eigenvalue weighted by atomic mass is 9.84. The van der Waals surface area contributed by atoms with E-state index in [1.54, 1.807) is 6.07 Å². The molecule has 0 spiro atoms. The van der Waals surface area contributed by atoms with Gasteiger partial charge in [-0.15, -0.1) is 0 Å². The van der Waals surface area contributed by atoms with E-state index in [1.165, 1.54) is 0 Å². The number of ether oxygens (including phenoxy) is 1. The first-order valence-corrected chi connectivity index (χ1v) is 12.2. The number of likely N-dealkylation sites (tertiary alicyclic amines) is 1. The van der Waals surface area contributed by atoms with Crippen molar-refractivity contribution in [3.05, 3.63) is 106 Å². The van der Waals surface area contributed by atoms with Gasteiger partial charge in [0.1, 0.15) is 18.6 Å². The maximum absolute atomic E-state index is 11.4. The lowest BCUT2D eigenvalue weighted by Gasteiger charge is -2.38. The van der Waals surface area contributed by atoms with Crippen molar-refractivity contribution in [3.63, 3.8) is 0 Å². The first-order chi connectivity index (χ1) is 16.6. The molecule has 1 fully saturated rings. The number of hydrogen-bond acceptors (Lipinski definition) is 4. The van der Waals surface area contributed by atoms with Crippen molar-refractivity contribution in [2.75, 3.05) is 19.6 Å². The van der Waals surface area contributed by atoms with Gasteiger partial charge in [0, 0.05) is 35.8 Å². The number of nitrogens with zero attached hydrogens (tertiary/aromatic N) is 1. The molecule has 5 rings (SSSR count). The van der Waals surface area contributed by atoms with Gasteiger partial charge in [-0.05, 0) is 71.9 Å². The Morgan fingerprint density at radius 2 is 1.76 bits per heavy atom. The first-order valence-electron chi connectivity index (χ1n) is 11.8. The quantitative estimate of drug-likeness (QED) is 0.472. The van der Waals surface area contributed by atoms with Gasteiger partial charge in [-0.3, -0.25) is 4.79 Å². The van der Waals surface area contributed by atoms with Crippen LogP contribution >= 0.6 is 11.6 Å². The topological polar surface area (TPSA) is 49.8 Å². The fraction of sp³-hybridized carbons (Fsp3) is 0.276. The SMILES string of the molecule is O=Cc1ccc2c(c1)C(=CCCN1CCC(O)(c3ccc(Cl)cc3)CC1)c1ccccc1CO2. The number of benzene rings is 3. The predicted octanol–water partition coefficient (Wildman–Crippen LogP) is 5.85. The van der Waals surface area contributed by atoms with E-state index >= 15 is 0 Å². The van der Waals surface area contributed by atoms with E-state index in [4.69, 9.17) is 16.3 Å². The van der Waals surface area contributed by atoms with Gasteiger partial charge in [-0.2, -0.15) is 0 Å². The van der Waals surface area contributed by atoms with Crippen molar-refractivity contribution >= 4 is 23.5 Å². The van der Waals surface area contributed by atoms with Gasteiger partial charge in [0.25, 0.3) is 0 Å². The van der Waals surface area contributed by atoms with Gasteiger partial charge in [0.05, 0.1) is 5.60 Å². The number of fused-ring (bicyclic) bond motifs is 2. The number of rotatable bonds is 5. The third-order valence-electron chi connectivity index (χ3n) is 6.98. The van der Waals surface area contributed by atoms with E-state index in [1.807, 2.05) is 48.5 Å². The van der Waals surface area contributed by atoms with E-state index in [9.17, 15) is 9.90 Å². The minimum absolute atomic E-state index is 0.510. The molecule has 0 amide bonds. The molecule has 3 aromatic rings. The summed E-state index contributed by atoms with van der Waals surface area (Å²) >= 11 is 6.01. The third-order valence-corrected chi connectivity index (χ3v) is 7.23. The van der Waals surface area contributed by atoms with Crippen LogP contribution in [0.25, 0.3) is 5.57 Å². The molecular weight excluding hydrogens is 446 g/mol. The molecule has 0 atom stereocenters. The molecule has 34 heavy (non-hydrogen) atoms. The molecule has 2 heterocycles. The molecule has 0 unspecified atom stereocenters. The number of aldehydes is 1. The summed E-state index contributed by atoms with van der Waals surface area (Å²) in [7, 11) is 0. The largest absolute Gasteiger partial charge is 0.488 e. The second-order valence-corrected chi connectivity index (χ2v) is 9.54. The van der Waals surface area contributed by atoms with Crippen LogP contribution < -0.4 is 4.74 Å². The molecule has 4 nitrogen and oxygen atoms in total. The summed E-state index contributed by atoms with van der Waals surface area (Å²) in [4.78, 5) is 13.8. The van der Waals surface area contributed by atoms with E-state index < -0.39 is 5.60 Å². The van der Waals surface area contributed by atoms with Crippen molar-refractivity contribution in [1.82, 2.24) is 4.90 Å². The lowest BCUT2D eigenvalue weighted by Crippen LogP contribution is -2.42. The number of carbonyl (C=O) groups is 1. The van der Waals surface area contributed by atoms with Crippen LogP contribution in [0.5, 0.6) is 5.75 Å². The Morgan fingerprint density at radius 1 is 1.00 bits per heavy atom. The van der Waals surface area contributed by atoms with Crippen LogP contribution in [0.2, 0.25) is 5.02 Å². The number of hydrogen-bond donors (Lipinski definition) is 1. The zero-order valence-electron chi connectivity index (χ0n) is 19.0. The second-order valence-electron chi connectivity index (χ2n) is 9.11. The zero-order chi connectivity index (χ0) is 23.5. The maximum Gasteiger partial charge on any atom is 0.150 e. The van der Waals surface area contributed by atoms with E-state index in [-0.39, 0.29) is 0 Å². The summed E-state index contributed by atoms with van der Waals surface area (Å²) in [5.74, 6) is 0.805. The molecule has 0 bridgehead atoms. The van der Waals surface area contributed by atoms with Gasteiger partial charge in [0.15, 0.2) is 0 Å². The highest BCUT2D eigenvalue weighted by molar-refractivity contribution is 6.30. The lowest BCUT2D eigenvalue weighted by molar-refractivity contribution is -0.0254. The molecule has 174 valence electrons. The summed E-state index contributed by atoms with van der Waals surface area (Å²) in [5, 5.41) is 11.8. The smallest absolute Gasteiger partial charge is 0.150 e. The van der Waals surface area contributed by atoms with Gasteiger partial charge in [-0.1, -0.05) is 54.1 Å². The molecule has 0 saturated carbocycles. The number of carbonyl (C=O) groups excluding carboxylic acids is 1. The summed E-state index contributed by atoms with van der Waals surface area (Å²) in [6, 6.07) is 21.5. The molecular formula is C29H28ClNO3. The number of piperidine rings is 1. The Bertz CT molecular complexity index is 1210. The highest BCUT2D eigenvalue weighted by Crippen LogP contribution is 2.38. The van der Waals surface area contributed by atoms with Crippen molar-refractivity contribution < 1.29 is 14.6 Å². The number of halogens is 1. The van der Waals surface area contributed by atoms with Crippen molar-refractivity contribution in [2.45, 2.75) is 31.5 Å². The van der Waals surface area contributed by atoms with Crippen molar-refractivity contribution in [2.24, 2.45) is 0 Å². The fourth-order valence-corrected chi connectivity index (χ4v) is 5.10. The van der Waals surface area contributed by atoms with E-state index in [2.05, 4.69) is 23.1 Å². The summed E-state index contributed by atoms with van der Waals surface area (Å²) in [5.41, 5.74) is 5.17. The standard InChI is InChI=1S/C29H28ClNO3/c30-24-10-8-23(9-11-24)29(33)13-16-31(17-14-29)15-3-6-26-25-5-2-1-4-22(25)20-34-28-12-7-21(19-32)18-27(26)28/h1-2,4-12,18-19,33H,3,13-17,20H2. The van der Waals surface area contributed by atoms with Crippen LogP contribution in [0, 0.1) is 0 Å². The van der Waals surface area contributed by atoms with E-state index in [0.717, 1.165) is 65.9 Å². The molecule has 0 aromatic heterocycles. The Labute approximate surface area is 205 Å². The van der Waals surface area contributed by atoms with Gasteiger partial charge in [0.2, 0.25) is 0 Å². The first kappa shape index (κ1) is 22.9. The minimum Gasteiger partial charge on any atom is -0.488 e. The molecule has 0 aliphatic carbocycles. The van der Waals surface area contributed by atoms with Crippen LogP contribution in [-0.2, 0) is 12.2 Å². The number of aliphatic hydroxyl groups is 1. The van der Waals surface area contributed by atoms with Crippen LogP contribution in [-0.4, -0.2) is 35.9 Å². The van der Waals surface area contributed by atoms with Gasteiger partial charge < -0.3 is 14.7 Å². The van der Waals surface area contributed by atoms with E-state index in [0.29, 0.717) is 30.0 Å². The Morgan fingerprint density at radius 3 is 2.53 bits per heavy atom. The van der Waals surface area contributed by atoms with Crippen LogP contribution in [0.4, 0.5) is 0 Å². The Kier molecular flexibility index (Phi) is 6.55. The molecule has 1 N–H and O–H groups in total. The van der Waals surface area contributed by atoms with Gasteiger partial charge in [-0.25, -0.2) is 0 Å². The minimum atomic E-state index is -0.790. The average molecular weight is 474 g/mol. The average Bonchev–Trinajstić information content (AvgIpc) is 3.02. The monoisotopic (exact) mass is 473 g/mol. The maximum atomic E-state index is 11.4. The molecule has 3 aromatic carbocycles. The summed E-state index contributed by atoms with van der Waals surface area (Å²) in [6.45, 7) is 3.10.